The SMILES string of the molecule is CC(C)C(=O)OC(C)(C)[C@@H]1COC(C)(C)O1. The molecule has 0 unspecified atom stereocenters. The Labute approximate surface area is 97.2 Å². The van der Waals surface area contributed by atoms with Crippen molar-refractivity contribution in [1.82, 2.24) is 0 Å². The summed E-state index contributed by atoms with van der Waals surface area (Å²) in [5.74, 6) is -0.931. The fourth-order valence-electron chi connectivity index (χ4n) is 1.47. The van der Waals surface area contributed by atoms with Gasteiger partial charge in [0.1, 0.15) is 11.7 Å². The van der Waals surface area contributed by atoms with Crippen LogP contribution in [0.25, 0.3) is 0 Å². The van der Waals surface area contributed by atoms with Crippen LogP contribution in [0.4, 0.5) is 0 Å². The predicted octanol–water partition coefficient (Wildman–Crippen LogP) is 2.12. The third-order valence-corrected chi connectivity index (χ3v) is 2.62. The molecule has 1 aliphatic heterocycles. The zero-order valence-electron chi connectivity index (χ0n) is 11.0. The van der Waals surface area contributed by atoms with Crippen LogP contribution in [-0.2, 0) is 19.0 Å². The van der Waals surface area contributed by atoms with Crippen LogP contribution in [0.2, 0.25) is 0 Å². The Morgan fingerprint density at radius 1 is 1.44 bits per heavy atom. The highest BCUT2D eigenvalue weighted by molar-refractivity contribution is 5.72. The van der Waals surface area contributed by atoms with Crippen molar-refractivity contribution >= 4 is 5.97 Å². The third-order valence-electron chi connectivity index (χ3n) is 2.62. The Kier molecular flexibility index (Phi) is 3.65. The van der Waals surface area contributed by atoms with Crippen LogP contribution < -0.4 is 0 Å². The Hall–Kier alpha value is -0.610. The van der Waals surface area contributed by atoms with Crippen LogP contribution in [0.15, 0.2) is 0 Å². The monoisotopic (exact) mass is 230 g/mol. The molecule has 0 aromatic heterocycles. The smallest absolute Gasteiger partial charge is 0.308 e. The molecule has 0 aromatic rings. The second-order valence-corrected chi connectivity index (χ2v) is 5.50. The summed E-state index contributed by atoms with van der Waals surface area (Å²) >= 11 is 0. The van der Waals surface area contributed by atoms with E-state index in [-0.39, 0.29) is 18.0 Å². The summed E-state index contributed by atoms with van der Waals surface area (Å²) in [4.78, 5) is 11.6. The maximum Gasteiger partial charge on any atom is 0.308 e. The lowest BCUT2D eigenvalue weighted by Gasteiger charge is -2.31. The molecule has 0 radical (unpaired) electrons. The minimum absolute atomic E-state index is 0.130. The van der Waals surface area contributed by atoms with Crippen molar-refractivity contribution in [1.29, 1.82) is 0 Å². The van der Waals surface area contributed by atoms with Crippen molar-refractivity contribution in [2.45, 2.75) is 59.0 Å². The maximum atomic E-state index is 11.6. The quantitative estimate of drug-likeness (QED) is 0.697. The molecule has 4 nitrogen and oxygen atoms in total. The van der Waals surface area contributed by atoms with Crippen molar-refractivity contribution in [3.05, 3.63) is 0 Å². The molecule has 0 saturated carbocycles. The summed E-state index contributed by atoms with van der Waals surface area (Å²) in [5, 5.41) is 0. The van der Waals surface area contributed by atoms with Crippen LogP contribution >= 0.6 is 0 Å². The number of ether oxygens (including phenoxy) is 3. The standard InChI is InChI=1S/C12H22O4/c1-8(2)10(13)16-11(3,4)9-7-14-12(5,6)15-9/h8-9H,7H2,1-6H3/t9-/m0/s1. The molecular weight excluding hydrogens is 208 g/mol. The van der Waals surface area contributed by atoms with Gasteiger partial charge in [0, 0.05) is 0 Å². The topological polar surface area (TPSA) is 44.8 Å². The molecule has 0 N–H and O–H groups in total. The average molecular weight is 230 g/mol. The molecule has 1 atom stereocenters. The summed E-state index contributed by atoms with van der Waals surface area (Å²) in [7, 11) is 0. The number of hydrogen-bond donors (Lipinski definition) is 0. The first-order valence-corrected chi connectivity index (χ1v) is 5.69. The molecule has 0 amide bonds. The van der Waals surface area contributed by atoms with Crippen molar-refractivity contribution in [2.75, 3.05) is 6.61 Å². The number of hydrogen-bond acceptors (Lipinski definition) is 4. The molecule has 94 valence electrons. The minimum Gasteiger partial charge on any atom is -0.457 e. The largest absolute Gasteiger partial charge is 0.457 e. The molecule has 1 aliphatic rings. The van der Waals surface area contributed by atoms with E-state index in [0.29, 0.717) is 6.61 Å². The molecule has 16 heavy (non-hydrogen) atoms. The molecule has 1 heterocycles. The van der Waals surface area contributed by atoms with Gasteiger partial charge in [-0.25, -0.2) is 0 Å². The Bertz CT molecular complexity index is 268. The first-order chi connectivity index (χ1) is 7.14. The van der Waals surface area contributed by atoms with Crippen molar-refractivity contribution < 1.29 is 19.0 Å². The van der Waals surface area contributed by atoms with E-state index < -0.39 is 11.4 Å². The van der Waals surface area contributed by atoms with Gasteiger partial charge in [-0.15, -0.1) is 0 Å². The van der Waals surface area contributed by atoms with Gasteiger partial charge in [0.05, 0.1) is 12.5 Å². The highest BCUT2D eigenvalue weighted by atomic mass is 16.8. The third kappa shape index (κ3) is 3.19. The van der Waals surface area contributed by atoms with E-state index in [4.69, 9.17) is 14.2 Å². The van der Waals surface area contributed by atoms with Crippen molar-refractivity contribution in [3.8, 4) is 0 Å². The van der Waals surface area contributed by atoms with Gasteiger partial charge in [0.15, 0.2) is 5.79 Å². The van der Waals surface area contributed by atoms with Crippen LogP contribution in [0.5, 0.6) is 0 Å². The van der Waals surface area contributed by atoms with E-state index in [1.54, 1.807) is 0 Å². The van der Waals surface area contributed by atoms with Gasteiger partial charge in [-0.3, -0.25) is 4.79 Å². The number of carbonyl (C=O) groups is 1. The molecule has 0 aliphatic carbocycles. The van der Waals surface area contributed by atoms with Gasteiger partial charge >= 0.3 is 5.97 Å². The molecule has 0 aromatic carbocycles. The molecular formula is C12H22O4. The highest BCUT2D eigenvalue weighted by Gasteiger charge is 2.44. The minimum atomic E-state index is -0.658. The molecule has 1 rings (SSSR count). The lowest BCUT2D eigenvalue weighted by Crippen LogP contribution is -2.44. The molecule has 1 fully saturated rings. The average Bonchev–Trinajstić information content (AvgIpc) is 2.45. The summed E-state index contributed by atoms with van der Waals surface area (Å²) in [6.07, 6.45) is -0.217. The molecule has 4 heteroatoms. The van der Waals surface area contributed by atoms with Gasteiger partial charge in [0.25, 0.3) is 0 Å². The maximum absolute atomic E-state index is 11.6. The predicted molar refractivity (Wildman–Crippen MR) is 59.9 cm³/mol. The van der Waals surface area contributed by atoms with E-state index in [9.17, 15) is 4.79 Å². The van der Waals surface area contributed by atoms with Crippen LogP contribution in [0.3, 0.4) is 0 Å². The zero-order valence-corrected chi connectivity index (χ0v) is 11.0. The summed E-state index contributed by atoms with van der Waals surface area (Å²) in [6, 6.07) is 0. The summed E-state index contributed by atoms with van der Waals surface area (Å²) in [6.45, 7) is 11.5. The fraction of sp³-hybridized carbons (Fsp3) is 0.917. The van der Waals surface area contributed by atoms with Gasteiger partial charge in [-0.05, 0) is 27.7 Å². The summed E-state index contributed by atoms with van der Waals surface area (Å²) < 4.78 is 16.6. The Morgan fingerprint density at radius 3 is 2.38 bits per heavy atom. The number of rotatable bonds is 3. The number of carbonyl (C=O) groups excluding carboxylic acids is 1. The molecule has 0 spiro atoms. The van der Waals surface area contributed by atoms with E-state index in [1.165, 1.54) is 0 Å². The number of esters is 1. The van der Waals surface area contributed by atoms with E-state index in [2.05, 4.69) is 0 Å². The van der Waals surface area contributed by atoms with Gasteiger partial charge in [0.2, 0.25) is 0 Å². The van der Waals surface area contributed by atoms with Gasteiger partial charge < -0.3 is 14.2 Å². The highest BCUT2D eigenvalue weighted by Crippen LogP contribution is 2.31. The molecule has 1 saturated heterocycles. The van der Waals surface area contributed by atoms with E-state index in [1.807, 2.05) is 41.5 Å². The fourth-order valence-corrected chi connectivity index (χ4v) is 1.47. The normalized spacial score (nSPS) is 24.8. The second kappa shape index (κ2) is 4.34. The van der Waals surface area contributed by atoms with Gasteiger partial charge in [-0.2, -0.15) is 0 Å². The molecule has 0 bridgehead atoms. The summed E-state index contributed by atoms with van der Waals surface area (Å²) in [5.41, 5.74) is -0.658. The van der Waals surface area contributed by atoms with Crippen LogP contribution in [0, 0.1) is 5.92 Å². The Morgan fingerprint density at radius 2 is 2.00 bits per heavy atom. The van der Waals surface area contributed by atoms with E-state index >= 15 is 0 Å². The van der Waals surface area contributed by atoms with Gasteiger partial charge in [-0.1, -0.05) is 13.8 Å². The first-order valence-electron chi connectivity index (χ1n) is 5.69. The first kappa shape index (κ1) is 13.5. The van der Waals surface area contributed by atoms with E-state index in [0.717, 1.165) is 0 Å². The second-order valence-electron chi connectivity index (χ2n) is 5.50. The van der Waals surface area contributed by atoms with Crippen molar-refractivity contribution in [2.24, 2.45) is 5.92 Å². The zero-order chi connectivity index (χ0) is 12.6. The lowest BCUT2D eigenvalue weighted by molar-refractivity contribution is -0.188. The van der Waals surface area contributed by atoms with Crippen molar-refractivity contribution in [3.63, 3.8) is 0 Å². The van der Waals surface area contributed by atoms with Crippen LogP contribution in [-0.4, -0.2) is 30.1 Å². The van der Waals surface area contributed by atoms with Crippen LogP contribution in [0.1, 0.15) is 41.5 Å². The Balaban J connectivity index is 2.61. The lowest BCUT2D eigenvalue weighted by atomic mass is 10.0.